The molecule has 1 rings (SSSR count). The van der Waals surface area contributed by atoms with Crippen molar-refractivity contribution in [3.05, 3.63) is 0 Å². The number of nitrogens with two attached hydrogens (primary N) is 1. The summed E-state index contributed by atoms with van der Waals surface area (Å²) in [4.78, 5) is 13.6. The Morgan fingerprint density at radius 1 is 1.64 bits per heavy atom. The summed E-state index contributed by atoms with van der Waals surface area (Å²) in [6.07, 6.45) is 2.84. The molecule has 1 saturated heterocycles. The van der Waals surface area contributed by atoms with Gasteiger partial charge in [0, 0.05) is 20.2 Å². The molecule has 2 N–H and O–H groups in total. The van der Waals surface area contributed by atoms with Gasteiger partial charge in [-0.15, -0.1) is 0 Å². The zero-order chi connectivity index (χ0) is 10.4. The number of nitrogens with zero attached hydrogens (tertiary/aromatic N) is 1. The molecule has 4 heteroatoms. The van der Waals surface area contributed by atoms with Gasteiger partial charge >= 0.3 is 0 Å². The summed E-state index contributed by atoms with van der Waals surface area (Å²) in [5.74, 6) is 0.282. The van der Waals surface area contributed by atoms with E-state index in [0.29, 0.717) is 13.2 Å². The molecular weight excluding hydrogens is 180 g/mol. The molecule has 1 atom stereocenters. The quantitative estimate of drug-likeness (QED) is 0.706. The first-order chi connectivity index (χ1) is 6.75. The minimum absolute atomic E-state index is 0.0755. The van der Waals surface area contributed by atoms with Crippen LogP contribution in [-0.2, 0) is 9.53 Å². The highest BCUT2D eigenvalue weighted by Crippen LogP contribution is 2.15. The first-order valence-corrected chi connectivity index (χ1v) is 5.28. The van der Waals surface area contributed by atoms with Crippen LogP contribution in [0.2, 0.25) is 0 Å². The average Bonchev–Trinajstić information content (AvgIpc) is 2.26. The second-order valence-electron chi connectivity index (χ2n) is 3.82. The van der Waals surface area contributed by atoms with E-state index in [1.54, 1.807) is 4.90 Å². The second-order valence-corrected chi connectivity index (χ2v) is 3.82. The van der Waals surface area contributed by atoms with Crippen LogP contribution in [0.5, 0.6) is 0 Å². The van der Waals surface area contributed by atoms with E-state index in [2.05, 4.69) is 0 Å². The molecule has 0 aliphatic carbocycles. The molecule has 1 unspecified atom stereocenters. The summed E-state index contributed by atoms with van der Waals surface area (Å²) in [6.45, 7) is 2.78. The third-order valence-electron chi connectivity index (χ3n) is 2.58. The molecule has 0 aromatic carbocycles. The molecule has 0 bridgehead atoms. The van der Waals surface area contributed by atoms with Crippen molar-refractivity contribution in [3.63, 3.8) is 0 Å². The molecule has 1 heterocycles. The Balaban J connectivity index is 2.30. The Kier molecular flexibility index (Phi) is 4.90. The van der Waals surface area contributed by atoms with Crippen LogP contribution in [0.15, 0.2) is 0 Å². The van der Waals surface area contributed by atoms with Gasteiger partial charge in [-0.2, -0.15) is 0 Å². The number of rotatable bonds is 4. The van der Waals surface area contributed by atoms with Crippen molar-refractivity contribution in [3.8, 4) is 0 Å². The zero-order valence-electron chi connectivity index (χ0n) is 8.87. The number of carbonyl (C=O) groups excluding carboxylic acids is 1. The minimum Gasteiger partial charge on any atom is -0.381 e. The van der Waals surface area contributed by atoms with Crippen LogP contribution >= 0.6 is 0 Å². The van der Waals surface area contributed by atoms with Crippen LogP contribution in [0.4, 0.5) is 0 Å². The highest BCUT2D eigenvalue weighted by atomic mass is 16.5. The standard InChI is InChI=1S/C10H20N2O2/c1-12(6-3-5-11)10(13)9-4-2-7-14-8-9/h9H,2-8,11H2,1H3. The third-order valence-corrected chi connectivity index (χ3v) is 2.58. The minimum atomic E-state index is 0.0755. The maximum Gasteiger partial charge on any atom is 0.227 e. The van der Waals surface area contributed by atoms with E-state index in [-0.39, 0.29) is 11.8 Å². The van der Waals surface area contributed by atoms with Gasteiger partial charge in [-0.25, -0.2) is 0 Å². The van der Waals surface area contributed by atoms with Crippen molar-refractivity contribution in [2.75, 3.05) is 33.4 Å². The fourth-order valence-corrected chi connectivity index (χ4v) is 1.69. The normalized spacial score (nSPS) is 22.0. The Bertz CT molecular complexity index is 179. The Labute approximate surface area is 85.4 Å². The van der Waals surface area contributed by atoms with Crippen LogP contribution in [-0.4, -0.2) is 44.2 Å². The molecule has 14 heavy (non-hydrogen) atoms. The van der Waals surface area contributed by atoms with Crippen LogP contribution in [0.3, 0.4) is 0 Å². The van der Waals surface area contributed by atoms with Crippen LogP contribution < -0.4 is 5.73 Å². The van der Waals surface area contributed by atoms with Crippen LogP contribution in [0, 0.1) is 5.92 Å². The van der Waals surface area contributed by atoms with Gasteiger partial charge in [0.2, 0.25) is 5.91 Å². The molecule has 1 fully saturated rings. The van der Waals surface area contributed by atoms with Crippen LogP contribution in [0.1, 0.15) is 19.3 Å². The van der Waals surface area contributed by atoms with E-state index in [1.165, 1.54) is 0 Å². The maximum absolute atomic E-state index is 11.8. The average molecular weight is 200 g/mol. The van der Waals surface area contributed by atoms with Gasteiger partial charge in [-0.3, -0.25) is 4.79 Å². The van der Waals surface area contributed by atoms with Gasteiger partial charge < -0.3 is 15.4 Å². The lowest BCUT2D eigenvalue weighted by molar-refractivity contribution is -0.138. The first-order valence-electron chi connectivity index (χ1n) is 5.28. The van der Waals surface area contributed by atoms with Crippen molar-refractivity contribution in [1.82, 2.24) is 4.90 Å². The molecule has 0 aromatic rings. The lowest BCUT2D eigenvalue weighted by Crippen LogP contribution is -2.38. The number of hydrogen-bond acceptors (Lipinski definition) is 3. The van der Waals surface area contributed by atoms with Crippen molar-refractivity contribution in [1.29, 1.82) is 0 Å². The first kappa shape index (κ1) is 11.5. The number of amides is 1. The fourth-order valence-electron chi connectivity index (χ4n) is 1.69. The van der Waals surface area contributed by atoms with Crippen molar-refractivity contribution >= 4 is 5.91 Å². The van der Waals surface area contributed by atoms with Crippen molar-refractivity contribution in [2.45, 2.75) is 19.3 Å². The summed E-state index contributed by atoms with van der Waals surface area (Å²) in [6, 6.07) is 0. The van der Waals surface area contributed by atoms with Gasteiger partial charge in [0.05, 0.1) is 12.5 Å². The number of carbonyl (C=O) groups is 1. The Morgan fingerprint density at radius 2 is 2.43 bits per heavy atom. The van der Waals surface area contributed by atoms with Crippen molar-refractivity contribution in [2.24, 2.45) is 11.7 Å². The van der Waals surface area contributed by atoms with Crippen molar-refractivity contribution < 1.29 is 9.53 Å². The largest absolute Gasteiger partial charge is 0.381 e. The molecule has 0 spiro atoms. The third kappa shape index (κ3) is 3.27. The molecule has 0 radical (unpaired) electrons. The van der Waals surface area contributed by atoms with Gasteiger partial charge in [-0.1, -0.05) is 0 Å². The summed E-state index contributed by atoms with van der Waals surface area (Å²) >= 11 is 0. The fraction of sp³-hybridized carbons (Fsp3) is 0.900. The molecule has 0 saturated carbocycles. The second kappa shape index (κ2) is 5.98. The van der Waals surface area contributed by atoms with Gasteiger partial charge in [-0.05, 0) is 25.8 Å². The molecule has 1 aliphatic heterocycles. The van der Waals surface area contributed by atoms with E-state index < -0.39 is 0 Å². The number of ether oxygens (including phenoxy) is 1. The molecule has 4 nitrogen and oxygen atoms in total. The lowest BCUT2D eigenvalue weighted by atomic mass is 10.0. The van der Waals surface area contributed by atoms with E-state index in [0.717, 1.165) is 32.4 Å². The Hall–Kier alpha value is -0.610. The lowest BCUT2D eigenvalue weighted by Gasteiger charge is -2.26. The summed E-state index contributed by atoms with van der Waals surface area (Å²) < 4.78 is 5.29. The van der Waals surface area contributed by atoms with E-state index in [9.17, 15) is 4.79 Å². The maximum atomic E-state index is 11.8. The molecular formula is C10H20N2O2. The topological polar surface area (TPSA) is 55.6 Å². The highest BCUT2D eigenvalue weighted by Gasteiger charge is 2.24. The summed E-state index contributed by atoms with van der Waals surface area (Å²) in [5, 5.41) is 0. The monoisotopic (exact) mass is 200 g/mol. The summed E-state index contributed by atoms with van der Waals surface area (Å²) in [7, 11) is 1.84. The molecule has 1 amide bonds. The van der Waals surface area contributed by atoms with Gasteiger partial charge in [0.25, 0.3) is 0 Å². The molecule has 1 aliphatic rings. The SMILES string of the molecule is CN(CCCN)C(=O)C1CCCOC1. The van der Waals surface area contributed by atoms with Gasteiger partial charge in [0.15, 0.2) is 0 Å². The zero-order valence-corrected chi connectivity index (χ0v) is 8.87. The predicted octanol–water partition coefficient (Wildman–Crippen LogP) is 0.220. The smallest absolute Gasteiger partial charge is 0.227 e. The van der Waals surface area contributed by atoms with Gasteiger partial charge in [0.1, 0.15) is 0 Å². The highest BCUT2D eigenvalue weighted by molar-refractivity contribution is 5.78. The van der Waals surface area contributed by atoms with E-state index >= 15 is 0 Å². The molecule has 0 aromatic heterocycles. The van der Waals surface area contributed by atoms with Crippen LogP contribution in [0.25, 0.3) is 0 Å². The van der Waals surface area contributed by atoms with E-state index in [1.807, 2.05) is 7.05 Å². The van der Waals surface area contributed by atoms with E-state index in [4.69, 9.17) is 10.5 Å². The summed E-state index contributed by atoms with van der Waals surface area (Å²) in [5.41, 5.74) is 5.39. The molecule has 82 valence electrons. The Morgan fingerprint density at radius 3 is 3.00 bits per heavy atom. The number of hydrogen-bond donors (Lipinski definition) is 1. The predicted molar refractivity (Wildman–Crippen MR) is 54.9 cm³/mol.